The van der Waals surface area contributed by atoms with Crippen LogP contribution in [-0.2, 0) is 9.53 Å². The molecule has 5 nitrogen and oxygen atoms in total. The number of methoxy groups -OCH3 is 1. The molecule has 0 atom stereocenters. The molecule has 0 saturated heterocycles. The fourth-order valence-corrected chi connectivity index (χ4v) is 1.87. The molecule has 0 fully saturated rings. The van der Waals surface area contributed by atoms with Gasteiger partial charge < -0.3 is 4.74 Å². The van der Waals surface area contributed by atoms with Gasteiger partial charge in [-0.05, 0) is 18.2 Å². The van der Waals surface area contributed by atoms with Gasteiger partial charge in [-0.15, -0.1) is 11.8 Å². The van der Waals surface area contributed by atoms with Gasteiger partial charge in [-0.1, -0.05) is 0 Å². The average Bonchev–Trinajstić information content (AvgIpc) is 2.72. The van der Waals surface area contributed by atoms with Crippen molar-refractivity contribution in [2.24, 2.45) is 0 Å². The zero-order valence-electron chi connectivity index (χ0n) is 8.06. The fourth-order valence-electron chi connectivity index (χ4n) is 1.11. The van der Waals surface area contributed by atoms with Crippen LogP contribution in [-0.4, -0.2) is 34.2 Å². The second-order valence-electron chi connectivity index (χ2n) is 2.84. The minimum absolute atomic E-state index is 0.236. The second-order valence-corrected chi connectivity index (χ2v) is 3.89. The normalized spacial score (nSPS) is 10.5. The number of nitrogens with zero attached hydrogens (tertiary/aromatic N) is 2. The molecule has 0 aliphatic heterocycles. The van der Waals surface area contributed by atoms with E-state index >= 15 is 0 Å². The van der Waals surface area contributed by atoms with Crippen LogP contribution in [0.1, 0.15) is 0 Å². The maximum atomic E-state index is 10.9. The van der Waals surface area contributed by atoms with E-state index in [2.05, 4.69) is 20.1 Å². The molecule has 1 heterocycles. The highest BCUT2D eigenvalue weighted by molar-refractivity contribution is 8.00. The Hall–Kier alpha value is -1.56. The zero-order chi connectivity index (χ0) is 10.7. The molecular weight excluding hydrogens is 214 g/mol. The summed E-state index contributed by atoms with van der Waals surface area (Å²) in [5.74, 6) is 0.0695. The van der Waals surface area contributed by atoms with Crippen molar-refractivity contribution in [2.75, 3.05) is 12.9 Å². The summed E-state index contributed by atoms with van der Waals surface area (Å²) in [4.78, 5) is 11.9. The van der Waals surface area contributed by atoms with Gasteiger partial charge in [0.2, 0.25) is 0 Å². The van der Waals surface area contributed by atoms with Crippen molar-refractivity contribution >= 4 is 28.8 Å². The maximum Gasteiger partial charge on any atom is 0.315 e. The van der Waals surface area contributed by atoms with Crippen LogP contribution in [0.4, 0.5) is 0 Å². The van der Waals surface area contributed by atoms with Crippen LogP contribution in [0.15, 0.2) is 23.1 Å². The highest BCUT2D eigenvalue weighted by Crippen LogP contribution is 2.21. The number of fused-ring (bicyclic) bond motifs is 1. The van der Waals surface area contributed by atoms with Gasteiger partial charge in [0.05, 0.1) is 12.9 Å². The fraction of sp³-hybridized carbons (Fsp3) is 0.222. The smallest absolute Gasteiger partial charge is 0.315 e. The maximum absolute atomic E-state index is 10.9. The molecule has 2 rings (SSSR count). The summed E-state index contributed by atoms with van der Waals surface area (Å²) in [5, 5.41) is 10.4. The van der Waals surface area contributed by atoms with Gasteiger partial charge in [0.1, 0.15) is 11.0 Å². The number of benzene rings is 1. The van der Waals surface area contributed by atoms with Crippen LogP contribution >= 0.6 is 11.8 Å². The second kappa shape index (κ2) is 4.31. The van der Waals surface area contributed by atoms with Crippen molar-refractivity contribution in [3.05, 3.63) is 18.2 Å². The van der Waals surface area contributed by atoms with E-state index in [1.54, 1.807) is 0 Å². The molecule has 0 aliphatic carbocycles. The molecule has 0 saturated carbocycles. The Balaban J connectivity index is 2.11. The molecule has 15 heavy (non-hydrogen) atoms. The number of aromatic amines is 1. The number of carbonyl (C=O) groups is 1. The third-order valence-electron chi connectivity index (χ3n) is 1.87. The molecular formula is C9H9N3O2S. The lowest BCUT2D eigenvalue weighted by Gasteiger charge is -1.99. The first-order valence-electron chi connectivity index (χ1n) is 4.30. The van der Waals surface area contributed by atoms with E-state index in [-0.39, 0.29) is 5.97 Å². The van der Waals surface area contributed by atoms with Gasteiger partial charge in [0.25, 0.3) is 0 Å². The zero-order valence-corrected chi connectivity index (χ0v) is 8.87. The van der Waals surface area contributed by atoms with Gasteiger partial charge in [-0.3, -0.25) is 4.79 Å². The standard InChI is InChI=1S/C9H9N3O2S/c1-14-9(13)5-15-6-2-3-7-8(4-6)11-12-10-7/h2-4H,5H2,1H3,(H,10,11,12). The SMILES string of the molecule is COC(=O)CSc1ccc2n[nH]nc2c1. The number of rotatable bonds is 3. The Morgan fingerprint density at radius 2 is 2.27 bits per heavy atom. The first kappa shape index (κ1) is 9.97. The first-order chi connectivity index (χ1) is 7.29. The lowest BCUT2D eigenvalue weighted by atomic mass is 10.3. The molecule has 0 aliphatic rings. The number of H-pyrrole nitrogens is 1. The molecule has 0 bridgehead atoms. The molecule has 0 spiro atoms. The number of nitrogens with one attached hydrogen (secondary N) is 1. The Morgan fingerprint density at radius 3 is 3.07 bits per heavy atom. The summed E-state index contributed by atoms with van der Waals surface area (Å²) >= 11 is 1.42. The van der Waals surface area contributed by atoms with E-state index < -0.39 is 0 Å². The molecule has 0 radical (unpaired) electrons. The van der Waals surface area contributed by atoms with Gasteiger partial charge in [-0.25, -0.2) is 0 Å². The molecule has 1 aromatic heterocycles. The van der Waals surface area contributed by atoms with Gasteiger partial charge >= 0.3 is 5.97 Å². The van der Waals surface area contributed by atoms with Crippen molar-refractivity contribution < 1.29 is 9.53 Å². The lowest BCUT2D eigenvalue weighted by Crippen LogP contribution is -2.02. The van der Waals surface area contributed by atoms with Crippen molar-refractivity contribution in [2.45, 2.75) is 4.90 Å². The molecule has 1 N–H and O–H groups in total. The van der Waals surface area contributed by atoms with E-state index in [0.29, 0.717) is 5.75 Å². The van der Waals surface area contributed by atoms with Gasteiger partial charge in [0, 0.05) is 4.90 Å². The summed E-state index contributed by atoms with van der Waals surface area (Å²) in [5.41, 5.74) is 1.61. The van der Waals surface area contributed by atoms with Crippen molar-refractivity contribution in [3.63, 3.8) is 0 Å². The van der Waals surface area contributed by atoms with E-state index in [1.807, 2.05) is 18.2 Å². The van der Waals surface area contributed by atoms with Gasteiger partial charge in [0.15, 0.2) is 0 Å². The van der Waals surface area contributed by atoms with Crippen LogP contribution in [0.5, 0.6) is 0 Å². The predicted octanol–water partition coefficient (Wildman–Crippen LogP) is 1.22. The van der Waals surface area contributed by atoms with Crippen molar-refractivity contribution in [1.82, 2.24) is 15.4 Å². The summed E-state index contributed by atoms with van der Waals surface area (Å²) in [6.07, 6.45) is 0. The number of ether oxygens (including phenoxy) is 1. The number of hydrogen-bond acceptors (Lipinski definition) is 5. The number of esters is 1. The third kappa shape index (κ3) is 2.27. The summed E-state index contributed by atoms with van der Waals surface area (Å²) in [6.45, 7) is 0. The minimum atomic E-state index is -0.236. The van der Waals surface area contributed by atoms with Crippen LogP contribution < -0.4 is 0 Å². The summed E-state index contributed by atoms with van der Waals surface area (Å²) in [7, 11) is 1.38. The predicted molar refractivity (Wildman–Crippen MR) is 56.6 cm³/mol. The summed E-state index contributed by atoms with van der Waals surface area (Å²) < 4.78 is 4.55. The highest BCUT2D eigenvalue weighted by atomic mass is 32.2. The van der Waals surface area contributed by atoms with Crippen LogP contribution in [0.3, 0.4) is 0 Å². The molecule has 0 unspecified atom stereocenters. The molecule has 0 amide bonds. The first-order valence-corrected chi connectivity index (χ1v) is 5.28. The molecule has 2 aromatic rings. The Kier molecular flexibility index (Phi) is 2.86. The average molecular weight is 223 g/mol. The topological polar surface area (TPSA) is 67.9 Å². The number of hydrogen-bond donors (Lipinski definition) is 1. The Morgan fingerprint density at radius 1 is 1.47 bits per heavy atom. The van der Waals surface area contributed by atoms with E-state index in [4.69, 9.17) is 0 Å². The monoisotopic (exact) mass is 223 g/mol. The van der Waals surface area contributed by atoms with Crippen molar-refractivity contribution in [3.8, 4) is 0 Å². The molecule has 1 aromatic carbocycles. The summed E-state index contributed by atoms with van der Waals surface area (Å²) in [6, 6.07) is 5.64. The number of aromatic nitrogens is 3. The number of thioether (sulfide) groups is 1. The van der Waals surface area contributed by atoms with Crippen LogP contribution in [0, 0.1) is 0 Å². The Bertz CT molecular complexity index is 483. The van der Waals surface area contributed by atoms with E-state index in [9.17, 15) is 4.79 Å². The quantitative estimate of drug-likeness (QED) is 0.626. The lowest BCUT2D eigenvalue weighted by molar-refractivity contribution is -0.137. The highest BCUT2D eigenvalue weighted by Gasteiger charge is 2.04. The molecule has 6 heteroatoms. The third-order valence-corrected chi connectivity index (χ3v) is 2.84. The molecule has 78 valence electrons. The van der Waals surface area contributed by atoms with E-state index in [0.717, 1.165) is 15.9 Å². The Labute approximate surface area is 90.2 Å². The largest absolute Gasteiger partial charge is 0.468 e. The van der Waals surface area contributed by atoms with Gasteiger partial charge in [-0.2, -0.15) is 15.4 Å². The van der Waals surface area contributed by atoms with Crippen LogP contribution in [0.2, 0.25) is 0 Å². The van der Waals surface area contributed by atoms with Crippen molar-refractivity contribution in [1.29, 1.82) is 0 Å². The number of carbonyl (C=O) groups excluding carboxylic acids is 1. The van der Waals surface area contributed by atoms with E-state index in [1.165, 1.54) is 18.9 Å². The van der Waals surface area contributed by atoms with Crippen LogP contribution in [0.25, 0.3) is 11.0 Å². The minimum Gasteiger partial charge on any atom is -0.468 e.